The summed E-state index contributed by atoms with van der Waals surface area (Å²) in [5.74, 6) is -0.0803. The highest BCUT2D eigenvalue weighted by molar-refractivity contribution is 7.07. The molecule has 128 valence electrons. The lowest BCUT2D eigenvalue weighted by Crippen LogP contribution is -2.46. The molecule has 1 aliphatic rings. The lowest BCUT2D eigenvalue weighted by molar-refractivity contribution is -0.146. The van der Waals surface area contributed by atoms with Crippen LogP contribution in [-0.2, 0) is 23.2 Å². The Balaban J connectivity index is 1.83. The Morgan fingerprint density at radius 1 is 1.46 bits per heavy atom. The van der Waals surface area contributed by atoms with Crippen LogP contribution in [0.25, 0.3) is 0 Å². The topological polar surface area (TPSA) is 58.4 Å². The van der Waals surface area contributed by atoms with E-state index in [-0.39, 0.29) is 23.8 Å². The highest BCUT2D eigenvalue weighted by Crippen LogP contribution is 2.36. The molecular weight excluding hydrogens is 324 g/mol. The van der Waals surface area contributed by atoms with Gasteiger partial charge < -0.3 is 9.80 Å². The molecule has 1 aliphatic heterocycles. The quantitative estimate of drug-likeness (QED) is 0.851. The van der Waals surface area contributed by atoms with Crippen LogP contribution in [0, 0.1) is 5.92 Å². The van der Waals surface area contributed by atoms with Crippen LogP contribution in [0.4, 0.5) is 0 Å². The molecule has 0 spiro atoms. The Kier molecular flexibility index (Phi) is 4.71. The van der Waals surface area contributed by atoms with Gasteiger partial charge in [-0.25, -0.2) is 0 Å². The number of carbonyl (C=O) groups excluding carboxylic acids is 2. The number of carbonyl (C=O) groups is 2. The van der Waals surface area contributed by atoms with Crippen molar-refractivity contribution in [3.05, 3.63) is 40.3 Å². The largest absolute Gasteiger partial charge is 0.341 e. The first-order valence-electron chi connectivity index (χ1n) is 7.97. The van der Waals surface area contributed by atoms with E-state index in [0.717, 1.165) is 11.1 Å². The fourth-order valence-corrected chi connectivity index (χ4v) is 4.02. The molecule has 24 heavy (non-hydrogen) atoms. The molecule has 3 heterocycles. The number of hydrogen-bond acceptors (Lipinski definition) is 4. The van der Waals surface area contributed by atoms with Gasteiger partial charge in [0.05, 0.1) is 18.2 Å². The molecule has 1 fully saturated rings. The van der Waals surface area contributed by atoms with Crippen molar-refractivity contribution >= 4 is 23.2 Å². The Hall–Kier alpha value is -2.15. The van der Waals surface area contributed by atoms with Gasteiger partial charge in [-0.15, -0.1) is 0 Å². The monoisotopic (exact) mass is 346 g/mol. The lowest BCUT2D eigenvalue weighted by Gasteiger charge is -2.39. The van der Waals surface area contributed by atoms with Crippen LogP contribution in [-0.4, -0.2) is 45.5 Å². The minimum absolute atomic E-state index is 0.0772. The molecule has 0 radical (unpaired) electrons. The molecular formula is C17H22N4O2S. The molecule has 0 N–H and O–H groups in total. The van der Waals surface area contributed by atoms with Gasteiger partial charge in [0.2, 0.25) is 11.8 Å². The molecule has 0 unspecified atom stereocenters. The number of thiophene rings is 1. The third kappa shape index (κ3) is 3.21. The van der Waals surface area contributed by atoms with Crippen LogP contribution in [0.2, 0.25) is 0 Å². The molecule has 2 aromatic heterocycles. The molecule has 1 saturated heterocycles. The van der Waals surface area contributed by atoms with E-state index in [9.17, 15) is 9.59 Å². The summed E-state index contributed by atoms with van der Waals surface area (Å²) in [6.07, 6.45) is 4.63. The number of likely N-dealkylation sites (tertiary alicyclic amines) is 1. The smallest absolute Gasteiger partial charge is 0.228 e. The molecule has 6 nitrogen and oxygen atoms in total. The second-order valence-corrected chi connectivity index (χ2v) is 7.15. The molecule has 2 amide bonds. The van der Waals surface area contributed by atoms with Crippen LogP contribution in [0.5, 0.6) is 0 Å². The highest BCUT2D eigenvalue weighted by atomic mass is 32.1. The van der Waals surface area contributed by atoms with Crippen molar-refractivity contribution in [2.75, 3.05) is 14.1 Å². The molecule has 0 bridgehead atoms. The zero-order valence-corrected chi connectivity index (χ0v) is 15.0. The average molecular weight is 346 g/mol. The van der Waals surface area contributed by atoms with E-state index < -0.39 is 0 Å². The van der Waals surface area contributed by atoms with E-state index >= 15 is 0 Å². The second kappa shape index (κ2) is 6.76. The third-order valence-corrected chi connectivity index (χ3v) is 5.35. The molecule has 2 atom stereocenters. The van der Waals surface area contributed by atoms with Crippen molar-refractivity contribution < 1.29 is 9.59 Å². The maximum Gasteiger partial charge on any atom is 0.228 e. The summed E-state index contributed by atoms with van der Waals surface area (Å²) in [5.41, 5.74) is 2.05. The molecule has 7 heteroatoms. The zero-order chi connectivity index (χ0) is 17.3. The normalized spacial score (nSPS) is 21.1. The van der Waals surface area contributed by atoms with Crippen molar-refractivity contribution in [3.63, 3.8) is 0 Å². The third-order valence-electron chi connectivity index (χ3n) is 4.62. The van der Waals surface area contributed by atoms with E-state index in [0.29, 0.717) is 19.4 Å². The van der Waals surface area contributed by atoms with Crippen LogP contribution < -0.4 is 0 Å². The Morgan fingerprint density at radius 3 is 2.88 bits per heavy atom. The van der Waals surface area contributed by atoms with Crippen molar-refractivity contribution in [3.8, 4) is 0 Å². The average Bonchev–Trinajstić information content (AvgIpc) is 3.20. The molecule has 0 saturated carbocycles. The van der Waals surface area contributed by atoms with Gasteiger partial charge in [-0.2, -0.15) is 16.4 Å². The summed E-state index contributed by atoms with van der Waals surface area (Å²) in [6.45, 7) is 0.594. The van der Waals surface area contributed by atoms with Crippen molar-refractivity contribution in [2.45, 2.75) is 25.4 Å². The van der Waals surface area contributed by atoms with Crippen LogP contribution in [0.15, 0.2) is 29.2 Å². The Labute approximate surface area is 145 Å². The number of aryl methyl sites for hydroxylation is 1. The zero-order valence-electron chi connectivity index (χ0n) is 14.2. The van der Waals surface area contributed by atoms with Crippen molar-refractivity contribution in [1.82, 2.24) is 19.6 Å². The summed E-state index contributed by atoms with van der Waals surface area (Å²) in [4.78, 5) is 28.6. The van der Waals surface area contributed by atoms with Gasteiger partial charge in [0, 0.05) is 45.9 Å². The summed E-state index contributed by atoms with van der Waals surface area (Å²) in [7, 11) is 5.45. The van der Waals surface area contributed by atoms with Crippen molar-refractivity contribution in [2.24, 2.45) is 13.0 Å². The summed E-state index contributed by atoms with van der Waals surface area (Å²) in [5, 5.41) is 8.27. The van der Waals surface area contributed by atoms with Gasteiger partial charge in [-0.05, 0) is 28.8 Å². The fraction of sp³-hybridized carbons (Fsp3) is 0.471. The molecule has 2 aromatic rings. The number of amides is 2. The van der Waals surface area contributed by atoms with Crippen LogP contribution >= 0.6 is 11.3 Å². The summed E-state index contributed by atoms with van der Waals surface area (Å²) >= 11 is 1.63. The molecule has 3 rings (SSSR count). The van der Waals surface area contributed by atoms with E-state index in [1.807, 2.05) is 31.7 Å². The van der Waals surface area contributed by atoms with Gasteiger partial charge in [0.15, 0.2) is 0 Å². The van der Waals surface area contributed by atoms with Gasteiger partial charge in [0.25, 0.3) is 0 Å². The second-order valence-electron chi connectivity index (χ2n) is 6.37. The van der Waals surface area contributed by atoms with Crippen molar-refractivity contribution in [1.29, 1.82) is 0 Å². The van der Waals surface area contributed by atoms with Gasteiger partial charge >= 0.3 is 0 Å². The predicted octanol–water partition coefficient (Wildman–Crippen LogP) is 2.05. The first-order valence-corrected chi connectivity index (χ1v) is 8.92. The Bertz CT molecular complexity index is 725. The van der Waals surface area contributed by atoms with Gasteiger partial charge in [-0.1, -0.05) is 0 Å². The number of aromatic nitrogens is 2. The van der Waals surface area contributed by atoms with E-state index in [4.69, 9.17) is 0 Å². The maximum absolute atomic E-state index is 13.0. The first-order chi connectivity index (χ1) is 11.5. The number of nitrogens with zero attached hydrogens (tertiary/aromatic N) is 4. The Morgan fingerprint density at radius 2 is 2.25 bits per heavy atom. The van der Waals surface area contributed by atoms with E-state index in [1.54, 1.807) is 39.1 Å². The summed E-state index contributed by atoms with van der Waals surface area (Å²) < 4.78 is 1.71. The van der Waals surface area contributed by atoms with Crippen LogP contribution in [0.3, 0.4) is 0 Å². The first kappa shape index (κ1) is 16.7. The lowest BCUT2D eigenvalue weighted by atomic mass is 9.84. The summed E-state index contributed by atoms with van der Waals surface area (Å²) in [6, 6.07) is 1.78. The minimum atomic E-state index is -0.252. The number of hydrogen-bond donors (Lipinski definition) is 0. The predicted molar refractivity (Wildman–Crippen MR) is 92.2 cm³/mol. The number of rotatable bonds is 4. The maximum atomic E-state index is 13.0. The molecule has 0 aromatic carbocycles. The fourth-order valence-electron chi connectivity index (χ4n) is 3.36. The SMILES string of the molecule is CN(Cc1ccsc1)C(=O)[C@@H]1CCC(=O)N(C)[C@H]1c1cnn(C)c1. The van der Waals surface area contributed by atoms with Gasteiger partial charge in [0.1, 0.15) is 0 Å². The molecule has 0 aliphatic carbocycles. The van der Waals surface area contributed by atoms with E-state index in [2.05, 4.69) is 10.5 Å². The number of piperidine rings is 1. The van der Waals surface area contributed by atoms with Crippen LogP contribution in [0.1, 0.15) is 30.0 Å². The van der Waals surface area contributed by atoms with E-state index in [1.165, 1.54) is 0 Å². The standard InChI is InChI=1S/C17H22N4O2S/c1-19(9-12-6-7-24-11-12)17(23)14-4-5-15(22)21(3)16(14)13-8-18-20(2)10-13/h6-8,10-11,14,16H,4-5,9H2,1-3H3/t14-,16+/m1/s1. The highest BCUT2D eigenvalue weighted by Gasteiger charge is 2.40. The minimum Gasteiger partial charge on any atom is -0.341 e. The van der Waals surface area contributed by atoms with Gasteiger partial charge in [-0.3, -0.25) is 14.3 Å².